The molecule has 3 aromatic rings. The number of halogens is 1. The number of ketones is 1. The van der Waals surface area contributed by atoms with Gasteiger partial charge >= 0.3 is 6.16 Å². The van der Waals surface area contributed by atoms with Crippen LogP contribution in [0.5, 0.6) is 5.88 Å². The summed E-state index contributed by atoms with van der Waals surface area (Å²) in [5, 5.41) is 10.4. The number of hydrogen-bond acceptors (Lipinski definition) is 7. The molecule has 0 saturated heterocycles. The average Bonchev–Trinajstić information content (AvgIpc) is 3.23. The lowest BCUT2D eigenvalue weighted by molar-refractivity contribution is -0.118. The van der Waals surface area contributed by atoms with Crippen molar-refractivity contribution in [3.63, 3.8) is 0 Å². The maximum absolute atomic E-state index is 13.6. The Hall–Kier alpha value is -4.27. The van der Waals surface area contributed by atoms with Gasteiger partial charge in [-0.3, -0.25) is 14.9 Å². The number of rotatable bonds is 5. The number of fused-ring (bicyclic) bond motifs is 1. The van der Waals surface area contributed by atoms with E-state index in [9.17, 15) is 14.0 Å². The van der Waals surface area contributed by atoms with E-state index in [0.29, 0.717) is 35.5 Å². The number of allylic oxidation sites excluding steroid dienone is 3. The van der Waals surface area contributed by atoms with Gasteiger partial charge in [0.2, 0.25) is 0 Å². The zero-order chi connectivity index (χ0) is 26.2. The molecule has 37 heavy (non-hydrogen) atoms. The Bertz CT molecular complexity index is 1420. The van der Waals surface area contributed by atoms with E-state index >= 15 is 0 Å². The second kappa shape index (κ2) is 9.65. The number of carbonyl (C=O) groups is 2. The van der Waals surface area contributed by atoms with Gasteiger partial charge in [0.25, 0.3) is 5.88 Å². The third kappa shape index (κ3) is 5.02. The van der Waals surface area contributed by atoms with Crippen LogP contribution in [0.3, 0.4) is 0 Å². The first kappa shape index (κ1) is 24.4. The molecule has 0 amide bonds. The molecule has 0 bridgehead atoms. The summed E-state index contributed by atoms with van der Waals surface area (Å²) in [5.41, 5.74) is 3.98. The Balaban J connectivity index is 1.50. The minimum absolute atomic E-state index is 0.0248. The van der Waals surface area contributed by atoms with Crippen molar-refractivity contribution < 1.29 is 23.5 Å². The Morgan fingerprint density at radius 1 is 1.22 bits per heavy atom. The molecule has 1 unspecified atom stereocenters. The van der Waals surface area contributed by atoms with Gasteiger partial charge in [-0.25, -0.2) is 9.18 Å². The third-order valence-electron chi connectivity index (χ3n) is 6.43. The van der Waals surface area contributed by atoms with Crippen LogP contribution < -0.4 is 10.1 Å². The number of nitrogens with zero attached hydrogens (tertiary/aromatic N) is 2. The number of H-pyrrole nitrogens is 1. The minimum atomic E-state index is -0.870. The third-order valence-corrected chi connectivity index (χ3v) is 6.43. The quantitative estimate of drug-likeness (QED) is 0.412. The smallest absolute Gasteiger partial charge is 0.434 e. The van der Waals surface area contributed by atoms with E-state index in [4.69, 9.17) is 9.47 Å². The topological polar surface area (TPSA) is 106 Å². The van der Waals surface area contributed by atoms with Crippen molar-refractivity contribution >= 4 is 23.8 Å². The predicted octanol–water partition coefficient (Wildman–Crippen LogP) is 6.01. The van der Waals surface area contributed by atoms with Gasteiger partial charge in [-0.2, -0.15) is 0 Å². The summed E-state index contributed by atoms with van der Waals surface area (Å²) in [6.07, 6.45) is 5.57. The van der Waals surface area contributed by atoms with Crippen molar-refractivity contribution in [3.8, 4) is 17.0 Å². The van der Waals surface area contributed by atoms with Crippen molar-refractivity contribution in [2.75, 3.05) is 11.9 Å². The van der Waals surface area contributed by atoms with Crippen molar-refractivity contribution in [1.29, 1.82) is 0 Å². The van der Waals surface area contributed by atoms with E-state index in [0.717, 1.165) is 16.8 Å². The number of Topliss-reactive ketones (excluding diaryl/α,β-unsaturated/α-hetero) is 1. The summed E-state index contributed by atoms with van der Waals surface area (Å²) < 4.78 is 23.9. The van der Waals surface area contributed by atoms with Crippen LogP contribution >= 0.6 is 0 Å². The summed E-state index contributed by atoms with van der Waals surface area (Å²) >= 11 is 0. The van der Waals surface area contributed by atoms with Gasteiger partial charge in [0.15, 0.2) is 5.78 Å². The number of hydrogen-bond donors (Lipinski definition) is 2. The lowest BCUT2D eigenvalue weighted by Crippen LogP contribution is -2.33. The van der Waals surface area contributed by atoms with Gasteiger partial charge in [-0.15, -0.1) is 5.10 Å². The number of ether oxygens (including phenoxy) is 2. The molecule has 1 aromatic carbocycles. The van der Waals surface area contributed by atoms with E-state index < -0.39 is 12.1 Å². The van der Waals surface area contributed by atoms with Crippen LogP contribution in [-0.4, -0.2) is 33.7 Å². The van der Waals surface area contributed by atoms with E-state index in [1.807, 2.05) is 30.4 Å². The molecule has 8 nitrogen and oxygen atoms in total. The molecule has 2 N–H and O–H groups in total. The normalized spacial score (nSPS) is 18.3. The number of benzene rings is 1. The largest absolute Gasteiger partial charge is 0.515 e. The fourth-order valence-corrected chi connectivity index (χ4v) is 4.85. The predicted molar refractivity (Wildman–Crippen MR) is 136 cm³/mol. The van der Waals surface area contributed by atoms with E-state index in [1.165, 1.54) is 12.1 Å². The van der Waals surface area contributed by atoms with Crippen LogP contribution in [0.4, 0.5) is 15.0 Å². The van der Waals surface area contributed by atoms with Crippen molar-refractivity contribution in [2.24, 2.45) is 5.41 Å². The van der Waals surface area contributed by atoms with Crippen LogP contribution in [0.2, 0.25) is 0 Å². The van der Waals surface area contributed by atoms with Crippen molar-refractivity contribution in [3.05, 3.63) is 77.0 Å². The van der Waals surface area contributed by atoms with Crippen LogP contribution in [0.1, 0.15) is 50.8 Å². The fourth-order valence-electron chi connectivity index (χ4n) is 4.85. The Labute approximate surface area is 213 Å². The highest BCUT2D eigenvalue weighted by atomic mass is 19.1. The zero-order valence-corrected chi connectivity index (χ0v) is 20.8. The molecule has 2 aliphatic rings. The maximum atomic E-state index is 13.6. The molecule has 5 rings (SSSR count). The highest BCUT2D eigenvalue weighted by Gasteiger charge is 2.41. The summed E-state index contributed by atoms with van der Waals surface area (Å²) in [7, 11) is 0. The highest BCUT2D eigenvalue weighted by molar-refractivity contribution is 6.01. The van der Waals surface area contributed by atoms with E-state index in [-0.39, 0.29) is 29.5 Å². The lowest BCUT2D eigenvalue weighted by Gasteiger charge is -2.37. The number of anilines is 1. The Morgan fingerprint density at radius 3 is 2.78 bits per heavy atom. The minimum Gasteiger partial charge on any atom is -0.434 e. The molecule has 2 aromatic heterocycles. The van der Waals surface area contributed by atoms with Gasteiger partial charge in [0.05, 0.1) is 17.9 Å². The summed E-state index contributed by atoms with van der Waals surface area (Å²) in [5.74, 6) is -0.185. The SMILES string of the molecule is CCOC(=O)Oc1n[nH]c2c1C(/C=C/c1ccc(-c3cccc(F)c3)cn1)C1=C(CC(C)(C)CC1=O)N2. The van der Waals surface area contributed by atoms with Crippen molar-refractivity contribution in [1.82, 2.24) is 15.2 Å². The van der Waals surface area contributed by atoms with Crippen LogP contribution in [-0.2, 0) is 9.53 Å². The molecule has 0 spiro atoms. The Kier molecular flexibility index (Phi) is 6.37. The van der Waals surface area contributed by atoms with Crippen LogP contribution in [0, 0.1) is 11.2 Å². The first-order chi connectivity index (χ1) is 17.7. The van der Waals surface area contributed by atoms with E-state index in [2.05, 4.69) is 34.3 Å². The van der Waals surface area contributed by atoms with Crippen molar-refractivity contribution in [2.45, 2.75) is 39.5 Å². The summed E-state index contributed by atoms with van der Waals surface area (Å²) in [6.45, 7) is 5.96. The molecule has 190 valence electrons. The number of carbonyl (C=O) groups excluding carboxylic acids is 2. The highest BCUT2D eigenvalue weighted by Crippen LogP contribution is 2.49. The molecule has 1 aliphatic carbocycles. The number of pyridine rings is 1. The lowest BCUT2D eigenvalue weighted by atomic mass is 9.70. The monoisotopic (exact) mass is 502 g/mol. The van der Waals surface area contributed by atoms with Crippen LogP contribution in [0.25, 0.3) is 17.2 Å². The average molecular weight is 503 g/mol. The summed E-state index contributed by atoms with van der Waals surface area (Å²) in [4.78, 5) is 29.9. The molecule has 9 heteroatoms. The molecule has 1 atom stereocenters. The first-order valence-corrected chi connectivity index (χ1v) is 12.1. The molecular formula is C28H27FN4O4. The molecule has 0 saturated carbocycles. The number of aromatic amines is 1. The first-order valence-electron chi connectivity index (χ1n) is 12.1. The van der Waals surface area contributed by atoms with Gasteiger partial charge in [-0.1, -0.05) is 38.1 Å². The van der Waals surface area contributed by atoms with E-state index in [1.54, 1.807) is 19.2 Å². The number of aromatic nitrogens is 3. The molecule has 0 fully saturated rings. The second-order valence-corrected chi connectivity index (χ2v) is 9.88. The van der Waals surface area contributed by atoms with Gasteiger partial charge < -0.3 is 14.8 Å². The standard InChI is InChI=1S/C28H27FN4O4/c1-4-36-27(35)37-26-24-20(23-21(31-25(24)32-33-26)13-28(2,3)14-22(23)34)11-10-19-9-8-17(15-30-19)16-6-5-7-18(29)12-16/h5-12,15,20H,4,13-14H2,1-3H3,(H2,31,32,33)/b11-10+. The second-order valence-electron chi connectivity index (χ2n) is 9.88. The molecule has 3 heterocycles. The molecular weight excluding hydrogens is 475 g/mol. The number of nitrogens with one attached hydrogen (secondary N) is 2. The summed E-state index contributed by atoms with van der Waals surface area (Å²) in [6, 6.07) is 10.0. The molecule has 1 aliphatic heterocycles. The van der Waals surface area contributed by atoms with Crippen LogP contribution in [0.15, 0.2) is 59.9 Å². The fraction of sp³-hybridized carbons (Fsp3) is 0.286. The maximum Gasteiger partial charge on any atom is 0.515 e. The van der Waals surface area contributed by atoms with Gasteiger partial charge in [0.1, 0.15) is 11.6 Å². The Morgan fingerprint density at radius 2 is 2.05 bits per heavy atom. The zero-order valence-electron chi connectivity index (χ0n) is 20.8. The van der Waals surface area contributed by atoms with Gasteiger partial charge in [0, 0.05) is 35.4 Å². The van der Waals surface area contributed by atoms with Gasteiger partial charge in [-0.05, 0) is 48.6 Å². The molecule has 0 radical (unpaired) electrons.